The number of rotatable bonds is 5. The third-order valence-corrected chi connectivity index (χ3v) is 2.67. The SMILES string of the molecule is C[C@@H](NCc1ccoc1C(=O)O)c1ccccn1. The van der Waals surface area contributed by atoms with E-state index in [9.17, 15) is 4.79 Å². The van der Waals surface area contributed by atoms with E-state index in [4.69, 9.17) is 9.52 Å². The van der Waals surface area contributed by atoms with Crippen molar-refractivity contribution in [1.29, 1.82) is 0 Å². The molecule has 0 unspecified atom stereocenters. The standard InChI is InChI=1S/C13H14N2O3/c1-9(11-4-2-3-6-14-11)15-8-10-5-7-18-12(10)13(16)17/h2-7,9,15H,8H2,1H3,(H,16,17)/t9-/m1/s1. The Morgan fingerprint density at radius 3 is 3.00 bits per heavy atom. The van der Waals surface area contributed by atoms with Crippen molar-refractivity contribution < 1.29 is 14.3 Å². The molecule has 0 spiro atoms. The summed E-state index contributed by atoms with van der Waals surface area (Å²) >= 11 is 0. The van der Waals surface area contributed by atoms with Gasteiger partial charge in [-0.3, -0.25) is 4.98 Å². The van der Waals surface area contributed by atoms with Gasteiger partial charge in [-0.15, -0.1) is 0 Å². The Morgan fingerprint density at radius 1 is 1.50 bits per heavy atom. The molecule has 2 aromatic rings. The first-order valence-electron chi connectivity index (χ1n) is 5.62. The van der Waals surface area contributed by atoms with Crippen molar-refractivity contribution in [2.45, 2.75) is 19.5 Å². The zero-order valence-electron chi connectivity index (χ0n) is 9.96. The van der Waals surface area contributed by atoms with Gasteiger partial charge in [0.25, 0.3) is 0 Å². The molecule has 5 heteroatoms. The first-order chi connectivity index (χ1) is 8.68. The second-order valence-electron chi connectivity index (χ2n) is 3.94. The highest BCUT2D eigenvalue weighted by Gasteiger charge is 2.14. The van der Waals surface area contributed by atoms with Crippen molar-refractivity contribution in [3.63, 3.8) is 0 Å². The van der Waals surface area contributed by atoms with Crippen LogP contribution in [-0.2, 0) is 6.54 Å². The van der Waals surface area contributed by atoms with Crippen LogP contribution in [-0.4, -0.2) is 16.1 Å². The van der Waals surface area contributed by atoms with Crippen molar-refractivity contribution in [3.8, 4) is 0 Å². The number of furan rings is 1. The van der Waals surface area contributed by atoms with Gasteiger partial charge in [0.2, 0.25) is 5.76 Å². The predicted octanol–water partition coefficient (Wildman–Crippen LogP) is 2.22. The lowest BCUT2D eigenvalue weighted by Crippen LogP contribution is -2.19. The fraction of sp³-hybridized carbons (Fsp3) is 0.231. The minimum atomic E-state index is -1.05. The minimum Gasteiger partial charge on any atom is -0.475 e. The average Bonchev–Trinajstić information content (AvgIpc) is 2.85. The molecule has 94 valence electrons. The Labute approximate surface area is 104 Å². The van der Waals surface area contributed by atoms with Gasteiger partial charge >= 0.3 is 5.97 Å². The lowest BCUT2D eigenvalue weighted by molar-refractivity contribution is 0.0660. The van der Waals surface area contributed by atoms with E-state index in [2.05, 4.69) is 10.3 Å². The van der Waals surface area contributed by atoms with E-state index in [0.29, 0.717) is 12.1 Å². The molecule has 0 fully saturated rings. The second-order valence-corrected chi connectivity index (χ2v) is 3.94. The molecule has 2 rings (SSSR count). The second kappa shape index (κ2) is 5.46. The summed E-state index contributed by atoms with van der Waals surface area (Å²) in [5.74, 6) is -1.07. The minimum absolute atomic E-state index is 0.0179. The fourth-order valence-corrected chi connectivity index (χ4v) is 1.66. The lowest BCUT2D eigenvalue weighted by atomic mass is 10.2. The van der Waals surface area contributed by atoms with E-state index in [1.165, 1.54) is 6.26 Å². The van der Waals surface area contributed by atoms with Crippen molar-refractivity contribution in [2.24, 2.45) is 0 Å². The van der Waals surface area contributed by atoms with Crippen molar-refractivity contribution in [3.05, 3.63) is 53.7 Å². The van der Waals surface area contributed by atoms with Crippen LogP contribution in [0.1, 0.15) is 34.8 Å². The summed E-state index contributed by atoms with van der Waals surface area (Å²) in [6.07, 6.45) is 3.11. The molecule has 0 radical (unpaired) electrons. The molecule has 0 amide bonds. The van der Waals surface area contributed by atoms with Gasteiger partial charge in [0, 0.05) is 24.3 Å². The van der Waals surface area contributed by atoms with Gasteiger partial charge in [-0.1, -0.05) is 6.07 Å². The number of pyridine rings is 1. The van der Waals surface area contributed by atoms with Gasteiger partial charge in [0.15, 0.2) is 0 Å². The van der Waals surface area contributed by atoms with E-state index >= 15 is 0 Å². The van der Waals surface area contributed by atoms with E-state index in [-0.39, 0.29) is 11.8 Å². The number of aromatic nitrogens is 1. The molecule has 2 aromatic heterocycles. The Bertz CT molecular complexity index is 522. The number of aromatic carboxylic acids is 1. The van der Waals surface area contributed by atoms with Gasteiger partial charge in [-0.05, 0) is 25.1 Å². The van der Waals surface area contributed by atoms with Crippen LogP contribution in [0.25, 0.3) is 0 Å². The number of carboxylic acids is 1. The van der Waals surface area contributed by atoms with Crippen molar-refractivity contribution >= 4 is 5.97 Å². The molecule has 0 aliphatic heterocycles. The molecule has 0 bridgehead atoms. The smallest absolute Gasteiger partial charge is 0.372 e. The van der Waals surface area contributed by atoms with Crippen LogP contribution in [0, 0.1) is 0 Å². The van der Waals surface area contributed by atoms with Gasteiger partial charge in [0.05, 0.1) is 12.0 Å². The molecule has 5 nitrogen and oxygen atoms in total. The molecule has 2 heterocycles. The summed E-state index contributed by atoms with van der Waals surface area (Å²) in [5.41, 5.74) is 1.54. The monoisotopic (exact) mass is 246 g/mol. The first kappa shape index (κ1) is 12.3. The summed E-state index contributed by atoms with van der Waals surface area (Å²) in [6.45, 7) is 2.40. The number of hydrogen-bond donors (Lipinski definition) is 2. The number of nitrogens with zero attached hydrogens (tertiary/aromatic N) is 1. The lowest BCUT2D eigenvalue weighted by Gasteiger charge is -2.12. The number of carbonyl (C=O) groups is 1. The van der Waals surface area contributed by atoms with Gasteiger partial charge < -0.3 is 14.8 Å². The molecular weight excluding hydrogens is 232 g/mol. The molecule has 0 saturated heterocycles. The molecule has 2 N–H and O–H groups in total. The van der Waals surface area contributed by atoms with E-state index in [0.717, 1.165) is 5.69 Å². The maximum atomic E-state index is 10.9. The van der Waals surface area contributed by atoms with Crippen molar-refractivity contribution in [2.75, 3.05) is 0 Å². The molecule has 1 atom stereocenters. The van der Waals surface area contributed by atoms with Crippen LogP contribution in [0.3, 0.4) is 0 Å². The van der Waals surface area contributed by atoms with E-state index in [1.807, 2.05) is 25.1 Å². The normalized spacial score (nSPS) is 12.3. The Balaban J connectivity index is 1.99. The molecule has 0 saturated carbocycles. The number of carboxylic acid groups (broad SMARTS) is 1. The summed E-state index contributed by atoms with van der Waals surface area (Å²) in [4.78, 5) is 15.1. The maximum absolute atomic E-state index is 10.9. The summed E-state index contributed by atoms with van der Waals surface area (Å²) in [5, 5.41) is 12.1. The molecular formula is C13H14N2O3. The summed E-state index contributed by atoms with van der Waals surface area (Å²) in [7, 11) is 0. The highest BCUT2D eigenvalue weighted by molar-refractivity contribution is 5.86. The highest BCUT2D eigenvalue weighted by Crippen LogP contribution is 2.13. The predicted molar refractivity (Wildman–Crippen MR) is 65.2 cm³/mol. The van der Waals surface area contributed by atoms with Crippen molar-refractivity contribution in [1.82, 2.24) is 10.3 Å². The number of nitrogens with one attached hydrogen (secondary N) is 1. The van der Waals surface area contributed by atoms with Crippen LogP contribution in [0.2, 0.25) is 0 Å². The Kier molecular flexibility index (Phi) is 3.74. The molecule has 0 aliphatic rings. The Hall–Kier alpha value is -2.14. The fourth-order valence-electron chi connectivity index (χ4n) is 1.66. The third-order valence-electron chi connectivity index (χ3n) is 2.67. The van der Waals surface area contributed by atoms with Crippen LogP contribution in [0.15, 0.2) is 41.1 Å². The first-order valence-corrected chi connectivity index (χ1v) is 5.62. The molecule has 0 aliphatic carbocycles. The van der Waals surface area contributed by atoms with E-state index < -0.39 is 5.97 Å². The average molecular weight is 246 g/mol. The molecule has 0 aromatic carbocycles. The van der Waals surface area contributed by atoms with Crippen LogP contribution in [0.4, 0.5) is 0 Å². The highest BCUT2D eigenvalue weighted by atomic mass is 16.4. The zero-order chi connectivity index (χ0) is 13.0. The largest absolute Gasteiger partial charge is 0.475 e. The third kappa shape index (κ3) is 2.75. The Morgan fingerprint density at radius 2 is 2.33 bits per heavy atom. The van der Waals surface area contributed by atoms with Gasteiger partial charge in [-0.2, -0.15) is 0 Å². The summed E-state index contributed by atoms with van der Waals surface area (Å²) in [6, 6.07) is 7.39. The van der Waals surface area contributed by atoms with E-state index in [1.54, 1.807) is 12.3 Å². The quantitative estimate of drug-likeness (QED) is 0.846. The van der Waals surface area contributed by atoms with Gasteiger partial charge in [0.1, 0.15) is 0 Å². The van der Waals surface area contributed by atoms with Crippen LogP contribution in [0.5, 0.6) is 0 Å². The topological polar surface area (TPSA) is 75.4 Å². The van der Waals surface area contributed by atoms with Crippen LogP contribution < -0.4 is 5.32 Å². The number of hydrogen-bond acceptors (Lipinski definition) is 4. The maximum Gasteiger partial charge on any atom is 0.372 e. The zero-order valence-corrected chi connectivity index (χ0v) is 9.96. The molecule has 18 heavy (non-hydrogen) atoms. The van der Waals surface area contributed by atoms with Gasteiger partial charge in [-0.25, -0.2) is 4.79 Å². The summed E-state index contributed by atoms with van der Waals surface area (Å²) < 4.78 is 4.91. The van der Waals surface area contributed by atoms with Crippen LogP contribution >= 0.6 is 0 Å².